The molecular weight excluding hydrogens is 290 g/mol. The Kier molecular flexibility index (Phi) is 4.57. The van der Waals surface area contributed by atoms with Crippen LogP contribution < -0.4 is 10.6 Å². The standard InChI is InChI=1S/C18H21N3O2/c1-12-5-6-13(2)15(10-12)20-14-7-8-17(19-11-14)21-18(22)16-4-3-9-23-16/h5-8,10-11,16,20H,3-4,9H2,1-2H3,(H,19,21,22). The van der Waals surface area contributed by atoms with Gasteiger partial charge < -0.3 is 15.4 Å². The van der Waals surface area contributed by atoms with E-state index in [4.69, 9.17) is 4.74 Å². The number of nitrogens with zero attached hydrogens (tertiary/aromatic N) is 1. The second-order valence-electron chi connectivity index (χ2n) is 5.87. The maximum Gasteiger partial charge on any atom is 0.254 e. The highest BCUT2D eigenvalue weighted by Gasteiger charge is 2.23. The minimum Gasteiger partial charge on any atom is -0.368 e. The van der Waals surface area contributed by atoms with Crippen LogP contribution in [0.1, 0.15) is 24.0 Å². The van der Waals surface area contributed by atoms with Crippen molar-refractivity contribution in [3.05, 3.63) is 47.7 Å². The Labute approximate surface area is 136 Å². The Morgan fingerprint density at radius 2 is 2.13 bits per heavy atom. The number of carbonyl (C=O) groups is 1. The summed E-state index contributed by atoms with van der Waals surface area (Å²) < 4.78 is 5.36. The van der Waals surface area contributed by atoms with Crippen LogP contribution in [0, 0.1) is 13.8 Å². The molecule has 23 heavy (non-hydrogen) atoms. The first kappa shape index (κ1) is 15.5. The third kappa shape index (κ3) is 3.87. The van der Waals surface area contributed by atoms with E-state index in [-0.39, 0.29) is 12.0 Å². The van der Waals surface area contributed by atoms with E-state index in [0.717, 1.165) is 24.2 Å². The molecule has 1 aliphatic rings. The molecule has 0 bridgehead atoms. The van der Waals surface area contributed by atoms with E-state index in [2.05, 4.69) is 47.7 Å². The molecule has 1 amide bonds. The van der Waals surface area contributed by atoms with Crippen LogP contribution in [0.25, 0.3) is 0 Å². The summed E-state index contributed by atoms with van der Waals surface area (Å²) in [6.07, 6.45) is 3.08. The van der Waals surface area contributed by atoms with Crippen molar-refractivity contribution in [1.29, 1.82) is 0 Å². The minimum atomic E-state index is -0.343. The van der Waals surface area contributed by atoms with Crippen LogP contribution in [0.5, 0.6) is 0 Å². The van der Waals surface area contributed by atoms with Crippen LogP contribution >= 0.6 is 0 Å². The molecule has 1 aliphatic heterocycles. The van der Waals surface area contributed by atoms with Gasteiger partial charge in [-0.1, -0.05) is 12.1 Å². The summed E-state index contributed by atoms with van der Waals surface area (Å²) >= 11 is 0. The SMILES string of the molecule is Cc1ccc(C)c(Nc2ccc(NC(=O)C3CCCO3)nc2)c1. The number of amides is 1. The number of aryl methyl sites for hydroxylation is 2. The zero-order chi connectivity index (χ0) is 16.2. The number of pyridine rings is 1. The molecule has 2 heterocycles. The molecule has 5 nitrogen and oxygen atoms in total. The fourth-order valence-corrected chi connectivity index (χ4v) is 2.56. The number of rotatable bonds is 4. The Bertz CT molecular complexity index is 692. The van der Waals surface area contributed by atoms with E-state index in [9.17, 15) is 4.79 Å². The summed E-state index contributed by atoms with van der Waals surface area (Å²) in [4.78, 5) is 16.3. The van der Waals surface area contributed by atoms with Crippen molar-refractivity contribution in [2.24, 2.45) is 0 Å². The summed E-state index contributed by atoms with van der Waals surface area (Å²) in [6, 6.07) is 9.96. The fourth-order valence-electron chi connectivity index (χ4n) is 2.56. The van der Waals surface area contributed by atoms with E-state index in [1.165, 1.54) is 11.1 Å². The number of carbonyl (C=O) groups excluding carboxylic acids is 1. The summed E-state index contributed by atoms with van der Waals surface area (Å²) in [5, 5.41) is 6.14. The third-order valence-corrected chi connectivity index (χ3v) is 3.91. The van der Waals surface area contributed by atoms with Crippen molar-refractivity contribution in [1.82, 2.24) is 4.98 Å². The Hall–Kier alpha value is -2.40. The van der Waals surface area contributed by atoms with Crippen molar-refractivity contribution in [2.45, 2.75) is 32.8 Å². The quantitative estimate of drug-likeness (QED) is 0.906. The predicted molar refractivity (Wildman–Crippen MR) is 91.0 cm³/mol. The maximum absolute atomic E-state index is 12.0. The molecule has 2 N–H and O–H groups in total. The van der Waals surface area contributed by atoms with Gasteiger partial charge in [0.05, 0.1) is 11.9 Å². The average molecular weight is 311 g/mol. The van der Waals surface area contributed by atoms with E-state index >= 15 is 0 Å². The van der Waals surface area contributed by atoms with Gasteiger partial charge in [0.2, 0.25) is 0 Å². The van der Waals surface area contributed by atoms with Crippen LogP contribution in [0.2, 0.25) is 0 Å². The van der Waals surface area contributed by atoms with Gasteiger partial charge in [-0.15, -0.1) is 0 Å². The lowest BCUT2D eigenvalue weighted by Gasteiger charge is -2.12. The van der Waals surface area contributed by atoms with Crippen molar-refractivity contribution < 1.29 is 9.53 Å². The van der Waals surface area contributed by atoms with Gasteiger partial charge in [0.25, 0.3) is 5.91 Å². The average Bonchev–Trinajstić information content (AvgIpc) is 3.07. The molecule has 3 rings (SSSR count). The molecule has 1 atom stereocenters. The van der Waals surface area contributed by atoms with Crippen LogP contribution in [0.3, 0.4) is 0 Å². The zero-order valence-corrected chi connectivity index (χ0v) is 13.4. The zero-order valence-electron chi connectivity index (χ0n) is 13.4. The molecule has 1 saturated heterocycles. The lowest BCUT2D eigenvalue weighted by Crippen LogP contribution is -2.27. The first-order valence-corrected chi connectivity index (χ1v) is 7.84. The molecule has 1 fully saturated rings. The predicted octanol–water partition coefficient (Wildman–Crippen LogP) is 3.56. The van der Waals surface area contributed by atoms with Crippen molar-refractivity contribution >= 4 is 23.1 Å². The first-order chi connectivity index (χ1) is 11.1. The van der Waals surface area contributed by atoms with Gasteiger partial charge in [0, 0.05) is 12.3 Å². The summed E-state index contributed by atoms with van der Waals surface area (Å²) in [7, 11) is 0. The van der Waals surface area contributed by atoms with Gasteiger partial charge >= 0.3 is 0 Å². The molecule has 1 unspecified atom stereocenters. The summed E-state index contributed by atoms with van der Waals surface area (Å²) in [5.74, 6) is 0.419. The molecule has 2 aromatic rings. The highest BCUT2D eigenvalue weighted by Crippen LogP contribution is 2.22. The largest absolute Gasteiger partial charge is 0.368 e. The normalized spacial score (nSPS) is 17.0. The van der Waals surface area contributed by atoms with Gasteiger partial charge in [0.15, 0.2) is 0 Å². The Morgan fingerprint density at radius 3 is 2.83 bits per heavy atom. The van der Waals surface area contributed by atoms with E-state index < -0.39 is 0 Å². The monoisotopic (exact) mass is 311 g/mol. The molecule has 0 aliphatic carbocycles. The number of ether oxygens (including phenoxy) is 1. The summed E-state index contributed by atoms with van der Waals surface area (Å²) in [5.41, 5.74) is 4.31. The molecule has 5 heteroatoms. The molecule has 0 saturated carbocycles. The van der Waals surface area contributed by atoms with Crippen LogP contribution in [-0.2, 0) is 9.53 Å². The van der Waals surface area contributed by atoms with Gasteiger partial charge in [0.1, 0.15) is 11.9 Å². The number of hydrogen-bond acceptors (Lipinski definition) is 4. The number of benzene rings is 1. The Balaban J connectivity index is 1.64. The molecule has 1 aromatic heterocycles. The molecule has 120 valence electrons. The van der Waals surface area contributed by atoms with Gasteiger partial charge in [-0.25, -0.2) is 4.98 Å². The molecule has 1 aromatic carbocycles. The smallest absolute Gasteiger partial charge is 0.254 e. The lowest BCUT2D eigenvalue weighted by atomic mass is 10.1. The number of nitrogens with one attached hydrogen (secondary N) is 2. The van der Waals surface area contributed by atoms with Crippen LogP contribution in [0.15, 0.2) is 36.5 Å². The highest BCUT2D eigenvalue weighted by atomic mass is 16.5. The number of anilines is 3. The molecule has 0 spiro atoms. The highest BCUT2D eigenvalue weighted by molar-refractivity contribution is 5.93. The minimum absolute atomic E-state index is 0.120. The first-order valence-electron chi connectivity index (χ1n) is 7.84. The van der Waals surface area contributed by atoms with E-state index in [1.807, 2.05) is 6.07 Å². The second kappa shape index (κ2) is 6.79. The second-order valence-corrected chi connectivity index (χ2v) is 5.87. The van der Waals surface area contributed by atoms with Gasteiger partial charge in [-0.3, -0.25) is 4.79 Å². The summed E-state index contributed by atoms with van der Waals surface area (Å²) in [6.45, 7) is 4.78. The van der Waals surface area contributed by atoms with Gasteiger partial charge in [-0.05, 0) is 56.0 Å². The van der Waals surface area contributed by atoms with Crippen molar-refractivity contribution in [3.63, 3.8) is 0 Å². The topological polar surface area (TPSA) is 63.2 Å². The number of hydrogen-bond donors (Lipinski definition) is 2. The van der Waals surface area contributed by atoms with Crippen LogP contribution in [-0.4, -0.2) is 23.6 Å². The molecule has 0 radical (unpaired) electrons. The third-order valence-electron chi connectivity index (χ3n) is 3.91. The van der Waals surface area contributed by atoms with Crippen LogP contribution in [0.4, 0.5) is 17.2 Å². The van der Waals surface area contributed by atoms with Crippen molar-refractivity contribution in [2.75, 3.05) is 17.2 Å². The van der Waals surface area contributed by atoms with E-state index in [1.54, 1.807) is 12.3 Å². The lowest BCUT2D eigenvalue weighted by molar-refractivity contribution is -0.124. The number of aromatic nitrogens is 1. The van der Waals surface area contributed by atoms with E-state index in [0.29, 0.717) is 12.4 Å². The van der Waals surface area contributed by atoms with Crippen molar-refractivity contribution in [3.8, 4) is 0 Å². The fraction of sp³-hybridized carbons (Fsp3) is 0.333. The maximum atomic E-state index is 12.0. The molecular formula is C18H21N3O2. The van der Waals surface area contributed by atoms with Gasteiger partial charge in [-0.2, -0.15) is 0 Å². The Morgan fingerprint density at radius 1 is 1.26 bits per heavy atom.